The third-order valence-electron chi connectivity index (χ3n) is 3.78. The van der Waals surface area contributed by atoms with Crippen LogP contribution in [0.2, 0.25) is 0 Å². The van der Waals surface area contributed by atoms with Gasteiger partial charge in [0, 0.05) is 13.1 Å². The summed E-state index contributed by atoms with van der Waals surface area (Å²) in [5, 5.41) is 9.22. The van der Waals surface area contributed by atoms with Crippen LogP contribution in [0.25, 0.3) is 0 Å². The van der Waals surface area contributed by atoms with Crippen LogP contribution in [0.15, 0.2) is 67.0 Å². The third-order valence-corrected chi connectivity index (χ3v) is 3.78. The largest absolute Gasteiger partial charge is 0.477 e. The number of nitrogens with one attached hydrogen (secondary N) is 1. The Kier molecular flexibility index (Phi) is 4.89. The molecule has 2 N–H and O–H groups in total. The molecule has 0 saturated heterocycles. The van der Waals surface area contributed by atoms with Crippen molar-refractivity contribution in [1.29, 1.82) is 0 Å². The first-order valence-electron chi connectivity index (χ1n) is 7.79. The maximum absolute atomic E-state index is 12.9. The predicted octanol–water partition coefficient (Wildman–Crippen LogP) is 2.95. The Labute approximate surface area is 144 Å². The quantitative estimate of drug-likeness (QED) is 0.725. The molecule has 3 aromatic rings. The first-order valence-corrected chi connectivity index (χ1v) is 7.79. The number of aromatic nitrogens is 2. The third kappa shape index (κ3) is 3.92. The fourth-order valence-corrected chi connectivity index (χ4v) is 2.58. The first-order chi connectivity index (χ1) is 12.1. The molecule has 0 atom stereocenters. The van der Waals surface area contributed by atoms with E-state index in [1.54, 1.807) is 4.90 Å². The van der Waals surface area contributed by atoms with Crippen LogP contribution in [0.5, 0.6) is 0 Å². The SMILES string of the molecule is O=C(O)c1[nH]cnc1C(=O)N(Cc1ccccc1)Cc1ccccc1. The Morgan fingerprint density at radius 2 is 1.44 bits per heavy atom. The van der Waals surface area contributed by atoms with Crippen LogP contribution >= 0.6 is 0 Å². The highest BCUT2D eigenvalue weighted by atomic mass is 16.4. The zero-order valence-electron chi connectivity index (χ0n) is 13.4. The maximum atomic E-state index is 12.9. The summed E-state index contributed by atoms with van der Waals surface area (Å²) in [5.74, 6) is -1.63. The second-order valence-electron chi connectivity index (χ2n) is 5.56. The molecule has 0 saturated carbocycles. The second kappa shape index (κ2) is 7.44. The van der Waals surface area contributed by atoms with Gasteiger partial charge in [0.05, 0.1) is 6.33 Å². The molecular weight excluding hydrogens is 318 g/mol. The van der Waals surface area contributed by atoms with E-state index in [9.17, 15) is 14.7 Å². The summed E-state index contributed by atoms with van der Waals surface area (Å²) in [7, 11) is 0. The molecular formula is C19H17N3O3. The van der Waals surface area contributed by atoms with Crippen LogP contribution in [-0.4, -0.2) is 31.9 Å². The van der Waals surface area contributed by atoms with Crippen molar-refractivity contribution in [2.24, 2.45) is 0 Å². The topological polar surface area (TPSA) is 86.3 Å². The monoisotopic (exact) mass is 335 g/mol. The van der Waals surface area contributed by atoms with Gasteiger partial charge in [-0.3, -0.25) is 4.79 Å². The molecule has 0 fully saturated rings. The fourth-order valence-electron chi connectivity index (χ4n) is 2.58. The summed E-state index contributed by atoms with van der Waals surface area (Å²) in [4.78, 5) is 32.2. The zero-order valence-corrected chi connectivity index (χ0v) is 13.4. The van der Waals surface area contributed by atoms with Crippen molar-refractivity contribution in [1.82, 2.24) is 14.9 Å². The summed E-state index contributed by atoms with van der Waals surface area (Å²) in [5.41, 5.74) is 1.63. The molecule has 0 spiro atoms. The highest BCUT2D eigenvalue weighted by Crippen LogP contribution is 2.15. The molecule has 3 rings (SSSR count). The lowest BCUT2D eigenvalue weighted by Crippen LogP contribution is -2.31. The van der Waals surface area contributed by atoms with Crippen LogP contribution in [0.1, 0.15) is 32.1 Å². The number of carbonyl (C=O) groups excluding carboxylic acids is 1. The number of benzene rings is 2. The van der Waals surface area contributed by atoms with Gasteiger partial charge in [0.25, 0.3) is 5.91 Å². The number of hydrogen-bond acceptors (Lipinski definition) is 3. The Bertz CT molecular complexity index is 818. The number of nitrogens with zero attached hydrogens (tertiary/aromatic N) is 2. The van der Waals surface area contributed by atoms with E-state index in [4.69, 9.17) is 0 Å². The molecule has 0 aliphatic rings. The van der Waals surface area contributed by atoms with Crippen LogP contribution in [0.3, 0.4) is 0 Å². The van der Waals surface area contributed by atoms with Gasteiger partial charge in [0.15, 0.2) is 11.4 Å². The van der Waals surface area contributed by atoms with Crippen molar-refractivity contribution in [2.45, 2.75) is 13.1 Å². The van der Waals surface area contributed by atoms with Gasteiger partial charge in [-0.1, -0.05) is 60.7 Å². The lowest BCUT2D eigenvalue weighted by atomic mass is 10.1. The second-order valence-corrected chi connectivity index (χ2v) is 5.56. The molecule has 25 heavy (non-hydrogen) atoms. The van der Waals surface area contributed by atoms with E-state index in [0.29, 0.717) is 13.1 Å². The molecule has 1 heterocycles. The van der Waals surface area contributed by atoms with E-state index >= 15 is 0 Å². The number of rotatable bonds is 6. The molecule has 1 amide bonds. The van der Waals surface area contributed by atoms with Crippen LogP contribution < -0.4 is 0 Å². The number of carboxylic acid groups (broad SMARTS) is 1. The number of H-pyrrole nitrogens is 1. The number of amides is 1. The summed E-state index contributed by atoms with van der Waals surface area (Å²) in [6, 6.07) is 19.1. The van der Waals surface area contributed by atoms with Crippen LogP contribution in [0.4, 0.5) is 0 Å². The summed E-state index contributed by atoms with van der Waals surface area (Å²) >= 11 is 0. The van der Waals surface area contributed by atoms with Gasteiger partial charge >= 0.3 is 5.97 Å². The standard InChI is InChI=1S/C19H17N3O3/c23-18(16-17(19(24)25)21-13-20-16)22(11-14-7-3-1-4-8-14)12-15-9-5-2-6-10-15/h1-10,13H,11-12H2,(H,20,21)(H,24,25). The van der Waals surface area contributed by atoms with Gasteiger partial charge in [0.2, 0.25) is 0 Å². The number of carboxylic acids is 1. The van der Waals surface area contributed by atoms with Gasteiger partial charge in [-0.15, -0.1) is 0 Å². The highest BCUT2D eigenvalue weighted by molar-refractivity contribution is 6.02. The average Bonchev–Trinajstić information content (AvgIpc) is 3.12. The summed E-state index contributed by atoms with van der Waals surface area (Å²) < 4.78 is 0. The molecule has 0 aliphatic heterocycles. The Morgan fingerprint density at radius 1 is 0.920 bits per heavy atom. The number of carbonyl (C=O) groups is 2. The number of hydrogen-bond donors (Lipinski definition) is 2. The summed E-state index contributed by atoms with van der Waals surface area (Å²) in [6.45, 7) is 0.723. The Morgan fingerprint density at radius 3 is 1.92 bits per heavy atom. The van der Waals surface area contributed by atoms with Gasteiger partial charge in [-0.05, 0) is 11.1 Å². The minimum Gasteiger partial charge on any atom is -0.477 e. The minimum atomic E-state index is -1.21. The number of aromatic amines is 1. The molecule has 0 bridgehead atoms. The van der Waals surface area contributed by atoms with E-state index in [0.717, 1.165) is 11.1 Å². The van der Waals surface area contributed by atoms with Gasteiger partial charge < -0.3 is 15.0 Å². The van der Waals surface area contributed by atoms with Gasteiger partial charge in [-0.25, -0.2) is 9.78 Å². The molecule has 126 valence electrons. The normalized spacial score (nSPS) is 10.4. The molecule has 0 radical (unpaired) electrons. The van der Waals surface area contributed by atoms with Crippen LogP contribution in [0, 0.1) is 0 Å². The Balaban J connectivity index is 1.90. The van der Waals surface area contributed by atoms with E-state index in [2.05, 4.69) is 9.97 Å². The molecule has 2 aromatic carbocycles. The van der Waals surface area contributed by atoms with Crippen molar-refractivity contribution in [2.75, 3.05) is 0 Å². The average molecular weight is 335 g/mol. The van der Waals surface area contributed by atoms with Crippen molar-refractivity contribution < 1.29 is 14.7 Å². The molecule has 0 aliphatic carbocycles. The lowest BCUT2D eigenvalue weighted by Gasteiger charge is -2.22. The summed E-state index contributed by atoms with van der Waals surface area (Å²) in [6.07, 6.45) is 1.22. The number of aromatic carboxylic acids is 1. The van der Waals surface area contributed by atoms with Crippen molar-refractivity contribution in [3.05, 3.63) is 89.5 Å². The minimum absolute atomic E-state index is 0.0839. The molecule has 1 aromatic heterocycles. The lowest BCUT2D eigenvalue weighted by molar-refractivity contribution is 0.0661. The first kappa shape index (κ1) is 16.4. The number of imidazole rings is 1. The van der Waals surface area contributed by atoms with Crippen molar-refractivity contribution in [3.8, 4) is 0 Å². The Hall–Kier alpha value is -3.41. The maximum Gasteiger partial charge on any atom is 0.354 e. The van der Waals surface area contributed by atoms with Gasteiger partial charge in [-0.2, -0.15) is 0 Å². The van der Waals surface area contributed by atoms with Crippen molar-refractivity contribution >= 4 is 11.9 Å². The zero-order chi connectivity index (χ0) is 17.6. The van der Waals surface area contributed by atoms with E-state index in [1.165, 1.54) is 6.33 Å². The molecule has 0 unspecified atom stereocenters. The van der Waals surface area contributed by atoms with Crippen LogP contribution in [-0.2, 0) is 13.1 Å². The van der Waals surface area contributed by atoms with Gasteiger partial charge in [0.1, 0.15) is 0 Å². The highest BCUT2D eigenvalue weighted by Gasteiger charge is 2.25. The molecule has 6 nitrogen and oxygen atoms in total. The smallest absolute Gasteiger partial charge is 0.354 e. The van der Waals surface area contributed by atoms with E-state index in [1.807, 2.05) is 60.7 Å². The van der Waals surface area contributed by atoms with E-state index in [-0.39, 0.29) is 11.4 Å². The molecule has 6 heteroatoms. The predicted molar refractivity (Wildman–Crippen MR) is 92.0 cm³/mol. The van der Waals surface area contributed by atoms with Crippen molar-refractivity contribution in [3.63, 3.8) is 0 Å². The van der Waals surface area contributed by atoms with E-state index < -0.39 is 11.9 Å². The fraction of sp³-hybridized carbons (Fsp3) is 0.105.